The summed E-state index contributed by atoms with van der Waals surface area (Å²) in [6, 6.07) is 0. The molecule has 1 aromatic rings. The Morgan fingerprint density at radius 1 is 1.24 bits per heavy atom. The van der Waals surface area contributed by atoms with Crippen LogP contribution in [0.15, 0.2) is 4.52 Å². The molecule has 1 heterocycles. The molecule has 1 rings (SSSR count). The Hall–Kier alpha value is -1.04. The molecule has 98 valence electrons. The smallest absolute Gasteiger partial charge is 0.361 e. The summed E-state index contributed by atoms with van der Waals surface area (Å²) in [7, 11) is 0. The van der Waals surface area contributed by atoms with Gasteiger partial charge in [-0.2, -0.15) is 13.2 Å². The summed E-state index contributed by atoms with van der Waals surface area (Å²) in [4.78, 5) is 0. The van der Waals surface area contributed by atoms with Crippen LogP contribution in [0.5, 0.6) is 0 Å². The Morgan fingerprint density at radius 3 is 2.47 bits per heavy atom. The van der Waals surface area contributed by atoms with Gasteiger partial charge in [-0.1, -0.05) is 5.16 Å². The van der Waals surface area contributed by atoms with Gasteiger partial charge in [-0.05, 0) is 33.2 Å². The van der Waals surface area contributed by atoms with Gasteiger partial charge < -0.3 is 9.84 Å². The molecule has 1 N–H and O–H groups in total. The normalized spacial score (nSPS) is 12.1. The summed E-state index contributed by atoms with van der Waals surface area (Å²) < 4.78 is 40.5. The lowest BCUT2D eigenvalue weighted by molar-refractivity contribution is -0.135. The van der Waals surface area contributed by atoms with Gasteiger partial charge in [0.25, 0.3) is 0 Å². The molecule has 0 atom stereocenters. The van der Waals surface area contributed by atoms with E-state index in [0.717, 1.165) is 17.0 Å². The quantitative estimate of drug-likeness (QED) is 0.788. The van der Waals surface area contributed by atoms with Crippen LogP contribution in [0.25, 0.3) is 0 Å². The highest BCUT2D eigenvalue weighted by atomic mass is 19.4. The molecule has 0 saturated heterocycles. The number of hydrogen-bond donors (Lipinski definition) is 1. The zero-order chi connectivity index (χ0) is 12.9. The van der Waals surface area contributed by atoms with Crippen molar-refractivity contribution >= 4 is 0 Å². The van der Waals surface area contributed by atoms with Gasteiger partial charge in [0.1, 0.15) is 5.76 Å². The van der Waals surface area contributed by atoms with E-state index in [2.05, 4.69) is 10.5 Å². The van der Waals surface area contributed by atoms with Crippen LogP contribution in [0.1, 0.15) is 36.3 Å². The van der Waals surface area contributed by atoms with Gasteiger partial charge >= 0.3 is 6.18 Å². The minimum atomic E-state index is -4.04. The molecule has 0 aliphatic heterocycles. The minimum absolute atomic E-state index is 0.165. The lowest BCUT2D eigenvalue weighted by Gasteiger charge is -2.06. The van der Waals surface area contributed by atoms with Gasteiger partial charge in [0.05, 0.1) is 5.69 Å². The van der Waals surface area contributed by atoms with Gasteiger partial charge in [0.15, 0.2) is 0 Å². The van der Waals surface area contributed by atoms with Crippen molar-refractivity contribution in [3.63, 3.8) is 0 Å². The van der Waals surface area contributed by atoms with E-state index < -0.39 is 12.6 Å². The van der Waals surface area contributed by atoms with Crippen LogP contribution >= 0.6 is 0 Å². The van der Waals surface area contributed by atoms with Crippen molar-refractivity contribution in [2.45, 2.75) is 45.8 Å². The molecule has 0 amide bonds. The Balaban J connectivity index is 2.13. The molecule has 17 heavy (non-hydrogen) atoms. The van der Waals surface area contributed by atoms with Gasteiger partial charge in [-0.15, -0.1) is 0 Å². The molecule has 0 unspecified atom stereocenters. The standard InChI is InChI=1S/C11H17F3N2O/c1-8-10(9(2)17-16-8)7-15-6-4-3-5-11(12,13)14/h15H,3-7H2,1-2H3. The lowest BCUT2D eigenvalue weighted by atomic mass is 10.2. The van der Waals surface area contributed by atoms with Crippen LogP contribution in [0.3, 0.4) is 0 Å². The fourth-order valence-corrected chi connectivity index (χ4v) is 1.54. The number of nitrogens with one attached hydrogen (secondary N) is 1. The van der Waals surface area contributed by atoms with Crippen molar-refractivity contribution in [3.05, 3.63) is 17.0 Å². The van der Waals surface area contributed by atoms with E-state index in [1.807, 2.05) is 13.8 Å². The summed E-state index contributed by atoms with van der Waals surface area (Å²) in [6.07, 6.45) is -4.07. The van der Waals surface area contributed by atoms with E-state index in [-0.39, 0.29) is 6.42 Å². The van der Waals surface area contributed by atoms with Crippen LogP contribution in [0, 0.1) is 13.8 Å². The highest BCUT2D eigenvalue weighted by molar-refractivity contribution is 5.20. The summed E-state index contributed by atoms with van der Waals surface area (Å²) in [6.45, 7) is 4.82. The number of halogens is 3. The molecule has 0 bridgehead atoms. The number of alkyl halides is 3. The maximum absolute atomic E-state index is 11.9. The SMILES string of the molecule is Cc1noc(C)c1CNCCCCC(F)(F)F. The van der Waals surface area contributed by atoms with E-state index in [9.17, 15) is 13.2 Å². The van der Waals surface area contributed by atoms with Crippen molar-refractivity contribution in [3.8, 4) is 0 Å². The number of nitrogens with zero attached hydrogens (tertiary/aromatic N) is 1. The topological polar surface area (TPSA) is 38.1 Å². The van der Waals surface area contributed by atoms with Crippen molar-refractivity contribution in [1.29, 1.82) is 0 Å². The second kappa shape index (κ2) is 6.05. The van der Waals surface area contributed by atoms with Crippen LogP contribution in [0.2, 0.25) is 0 Å². The average molecular weight is 250 g/mol. The van der Waals surface area contributed by atoms with E-state index in [1.54, 1.807) is 0 Å². The molecule has 0 aliphatic carbocycles. The molecule has 6 heteroatoms. The van der Waals surface area contributed by atoms with Crippen molar-refractivity contribution < 1.29 is 17.7 Å². The molecule has 3 nitrogen and oxygen atoms in total. The van der Waals surface area contributed by atoms with Crippen LogP contribution in [-0.4, -0.2) is 17.9 Å². The molecule has 1 aromatic heterocycles. The largest absolute Gasteiger partial charge is 0.389 e. The second-order valence-corrected chi connectivity index (χ2v) is 4.05. The van der Waals surface area contributed by atoms with Crippen LogP contribution in [-0.2, 0) is 6.54 Å². The number of unbranched alkanes of at least 4 members (excludes halogenated alkanes) is 1. The lowest BCUT2D eigenvalue weighted by Crippen LogP contribution is -2.16. The summed E-state index contributed by atoms with van der Waals surface area (Å²) >= 11 is 0. The summed E-state index contributed by atoms with van der Waals surface area (Å²) in [5.74, 6) is 0.755. The maximum Gasteiger partial charge on any atom is 0.389 e. The van der Waals surface area contributed by atoms with Crippen LogP contribution < -0.4 is 5.32 Å². The average Bonchev–Trinajstić information content (AvgIpc) is 2.52. The maximum atomic E-state index is 11.9. The molecule has 0 saturated carbocycles. The first kappa shape index (κ1) is 14.0. The predicted octanol–water partition coefficient (Wildman–Crippen LogP) is 3.11. The summed E-state index contributed by atoms with van der Waals surface area (Å²) in [5.41, 5.74) is 1.81. The third-order valence-electron chi connectivity index (χ3n) is 2.55. The molecule has 0 spiro atoms. The Labute approximate surface area is 98.4 Å². The first-order chi connectivity index (χ1) is 7.90. The molecule has 0 radical (unpaired) electrons. The van der Waals surface area contributed by atoms with Crippen LogP contribution in [0.4, 0.5) is 13.2 Å². The zero-order valence-corrected chi connectivity index (χ0v) is 10.0. The van der Waals surface area contributed by atoms with E-state index in [1.165, 1.54) is 0 Å². The Kier molecular flexibility index (Phi) is 4.99. The first-order valence-electron chi connectivity index (χ1n) is 5.59. The predicted molar refractivity (Wildman–Crippen MR) is 57.6 cm³/mol. The minimum Gasteiger partial charge on any atom is -0.361 e. The van der Waals surface area contributed by atoms with E-state index >= 15 is 0 Å². The fourth-order valence-electron chi connectivity index (χ4n) is 1.54. The number of aryl methyl sites for hydroxylation is 2. The number of rotatable bonds is 6. The third kappa shape index (κ3) is 5.21. The van der Waals surface area contributed by atoms with Crippen molar-refractivity contribution in [1.82, 2.24) is 10.5 Å². The van der Waals surface area contributed by atoms with E-state index in [4.69, 9.17) is 4.52 Å². The highest BCUT2D eigenvalue weighted by Crippen LogP contribution is 2.21. The molecular weight excluding hydrogens is 233 g/mol. The number of aromatic nitrogens is 1. The monoisotopic (exact) mass is 250 g/mol. The molecule has 0 aliphatic rings. The van der Waals surface area contributed by atoms with Gasteiger partial charge in [0, 0.05) is 18.5 Å². The molecule has 0 fully saturated rings. The number of hydrogen-bond acceptors (Lipinski definition) is 3. The Bertz CT molecular complexity index is 327. The fraction of sp³-hybridized carbons (Fsp3) is 0.727. The van der Waals surface area contributed by atoms with Gasteiger partial charge in [-0.25, -0.2) is 0 Å². The van der Waals surface area contributed by atoms with Crippen molar-refractivity contribution in [2.24, 2.45) is 0 Å². The highest BCUT2D eigenvalue weighted by Gasteiger charge is 2.25. The van der Waals surface area contributed by atoms with Gasteiger partial charge in [-0.3, -0.25) is 0 Å². The van der Waals surface area contributed by atoms with Crippen molar-refractivity contribution in [2.75, 3.05) is 6.54 Å². The second-order valence-electron chi connectivity index (χ2n) is 4.05. The molecular formula is C11H17F3N2O. The van der Waals surface area contributed by atoms with E-state index in [0.29, 0.717) is 19.5 Å². The third-order valence-corrected chi connectivity index (χ3v) is 2.55. The first-order valence-corrected chi connectivity index (χ1v) is 5.59. The summed E-state index contributed by atoms with van der Waals surface area (Å²) in [5, 5.41) is 6.89. The van der Waals surface area contributed by atoms with Gasteiger partial charge in [0.2, 0.25) is 0 Å². The molecule has 0 aromatic carbocycles. The Morgan fingerprint density at radius 2 is 1.94 bits per heavy atom. The zero-order valence-electron chi connectivity index (χ0n) is 10.0.